The highest BCUT2D eigenvalue weighted by Gasteiger charge is 2.56. The third kappa shape index (κ3) is 8.23. The Hall–Kier alpha value is -2.53. The first-order valence-electron chi connectivity index (χ1n) is 12.2. The normalized spacial score (nSPS) is 28.6. The van der Waals surface area contributed by atoms with Crippen LogP contribution >= 0.6 is 0 Å². The second-order valence-corrected chi connectivity index (χ2v) is 10.3. The van der Waals surface area contributed by atoms with E-state index in [9.17, 15) is 34.8 Å². The molecule has 10 nitrogen and oxygen atoms in total. The van der Waals surface area contributed by atoms with Gasteiger partial charge in [0.25, 0.3) is 0 Å². The first-order valence-corrected chi connectivity index (χ1v) is 12.2. The minimum absolute atomic E-state index is 0.0812. The van der Waals surface area contributed by atoms with E-state index < -0.39 is 65.5 Å². The first-order chi connectivity index (χ1) is 16.9. The number of ether oxygens (including phenoxy) is 3. The molecule has 1 saturated carbocycles. The second kappa shape index (κ2) is 12.8. The predicted octanol–water partition coefficient (Wildman–Crippen LogP) is 1.88. The molecule has 0 radical (unpaired) electrons. The van der Waals surface area contributed by atoms with Crippen LogP contribution in [0.15, 0.2) is 35.5 Å². The SMILES string of the molecule is C=C(C(O)CC(OC(=O)C(C)=CC)C(C)(C)O)C1CC(O)C(C)(O)C(OC(=O)C(C)=CC)C1OC(C)=O. The van der Waals surface area contributed by atoms with Crippen LogP contribution in [0, 0.1) is 5.92 Å². The van der Waals surface area contributed by atoms with Crippen LogP contribution in [-0.2, 0) is 28.6 Å². The summed E-state index contributed by atoms with van der Waals surface area (Å²) in [6, 6.07) is 0. The van der Waals surface area contributed by atoms with Gasteiger partial charge in [-0.1, -0.05) is 18.7 Å². The molecule has 1 aliphatic carbocycles. The van der Waals surface area contributed by atoms with Gasteiger partial charge in [-0.2, -0.15) is 0 Å². The van der Waals surface area contributed by atoms with E-state index in [-0.39, 0.29) is 24.0 Å². The fraction of sp³-hybridized carbons (Fsp3) is 0.667. The maximum absolute atomic E-state index is 12.5. The fourth-order valence-electron chi connectivity index (χ4n) is 3.98. The van der Waals surface area contributed by atoms with Crippen molar-refractivity contribution in [1.82, 2.24) is 0 Å². The highest BCUT2D eigenvalue weighted by Crippen LogP contribution is 2.41. The molecule has 0 heterocycles. The average Bonchev–Trinajstić information content (AvgIpc) is 2.80. The Morgan fingerprint density at radius 2 is 1.59 bits per heavy atom. The Balaban J connectivity index is 3.35. The Bertz CT molecular complexity index is 924. The summed E-state index contributed by atoms with van der Waals surface area (Å²) < 4.78 is 16.4. The minimum atomic E-state index is -1.99. The Labute approximate surface area is 218 Å². The van der Waals surface area contributed by atoms with E-state index >= 15 is 0 Å². The van der Waals surface area contributed by atoms with Crippen molar-refractivity contribution in [2.45, 2.75) is 110 Å². The Morgan fingerprint density at radius 3 is 2.05 bits per heavy atom. The zero-order valence-corrected chi connectivity index (χ0v) is 23.0. The van der Waals surface area contributed by atoms with Gasteiger partial charge in [0.2, 0.25) is 0 Å². The van der Waals surface area contributed by atoms with E-state index in [2.05, 4.69) is 6.58 Å². The summed E-state index contributed by atoms with van der Waals surface area (Å²) in [6.45, 7) is 15.5. The van der Waals surface area contributed by atoms with Crippen LogP contribution in [0.3, 0.4) is 0 Å². The van der Waals surface area contributed by atoms with Crippen LogP contribution in [0.1, 0.15) is 68.2 Å². The van der Waals surface area contributed by atoms with Gasteiger partial charge < -0.3 is 34.6 Å². The Morgan fingerprint density at radius 1 is 1.08 bits per heavy atom. The number of aliphatic hydroxyl groups is 4. The van der Waals surface area contributed by atoms with Gasteiger partial charge in [0, 0.05) is 30.4 Å². The minimum Gasteiger partial charge on any atom is -0.458 e. The molecule has 0 amide bonds. The van der Waals surface area contributed by atoms with Crippen molar-refractivity contribution in [2.75, 3.05) is 0 Å². The number of hydrogen-bond donors (Lipinski definition) is 4. The summed E-state index contributed by atoms with van der Waals surface area (Å²) >= 11 is 0. The van der Waals surface area contributed by atoms with E-state index in [1.807, 2.05) is 0 Å². The molecular formula is C27H42O10. The zero-order chi connectivity index (χ0) is 28.9. The van der Waals surface area contributed by atoms with Gasteiger partial charge >= 0.3 is 17.9 Å². The van der Waals surface area contributed by atoms with E-state index in [0.29, 0.717) is 5.57 Å². The van der Waals surface area contributed by atoms with Gasteiger partial charge in [0.1, 0.15) is 17.8 Å². The fourth-order valence-corrected chi connectivity index (χ4v) is 3.98. The van der Waals surface area contributed by atoms with E-state index in [4.69, 9.17) is 14.2 Å². The van der Waals surface area contributed by atoms with Crippen molar-refractivity contribution in [1.29, 1.82) is 0 Å². The lowest BCUT2D eigenvalue weighted by molar-refractivity contribution is -0.229. The van der Waals surface area contributed by atoms with Crippen LogP contribution in [-0.4, -0.2) is 80.1 Å². The quantitative estimate of drug-likeness (QED) is 0.143. The van der Waals surface area contributed by atoms with Crippen LogP contribution in [0.2, 0.25) is 0 Å². The number of hydrogen-bond acceptors (Lipinski definition) is 10. The summed E-state index contributed by atoms with van der Waals surface area (Å²) in [7, 11) is 0. The van der Waals surface area contributed by atoms with Crippen molar-refractivity contribution < 1.29 is 49.0 Å². The summed E-state index contributed by atoms with van der Waals surface area (Å²) in [4.78, 5) is 36.8. The molecule has 0 aromatic carbocycles. The molecular weight excluding hydrogens is 484 g/mol. The van der Waals surface area contributed by atoms with E-state index in [1.54, 1.807) is 26.8 Å². The number of allylic oxidation sites excluding steroid dienone is 2. The molecule has 1 aliphatic rings. The van der Waals surface area contributed by atoms with Crippen LogP contribution in [0.4, 0.5) is 0 Å². The molecule has 1 rings (SSSR count). The van der Waals surface area contributed by atoms with Crippen LogP contribution in [0.5, 0.6) is 0 Å². The van der Waals surface area contributed by atoms with Crippen molar-refractivity contribution in [3.8, 4) is 0 Å². The molecule has 37 heavy (non-hydrogen) atoms. The average molecular weight is 527 g/mol. The summed E-state index contributed by atoms with van der Waals surface area (Å²) in [5, 5.41) is 43.4. The second-order valence-electron chi connectivity index (χ2n) is 10.3. The van der Waals surface area contributed by atoms with Crippen LogP contribution < -0.4 is 0 Å². The van der Waals surface area contributed by atoms with Gasteiger partial charge in [0.05, 0.1) is 17.8 Å². The number of carbonyl (C=O) groups excluding carboxylic acids is 3. The number of esters is 3. The number of aliphatic hydroxyl groups excluding tert-OH is 2. The van der Waals surface area contributed by atoms with Crippen molar-refractivity contribution in [2.24, 2.45) is 5.92 Å². The molecule has 0 spiro atoms. The van der Waals surface area contributed by atoms with E-state index in [0.717, 1.165) is 6.92 Å². The number of rotatable bonds is 10. The molecule has 4 N–H and O–H groups in total. The van der Waals surface area contributed by atoms with Gasteiger partial charge in [-0.25, -0.2) is 9.59 Å². The van der Waals surface area contributed by atoms with Crippen LogP contribution in [0.25, 0.3) is 0 Å². The van der Waals surface area contributed by atoms with Crippen molar-refractivity contribution >= 4 is 17.9 Å². The highest BCUT2D eigenvalue weighted by atomic mass is 16.6. The molecule has 10 heteroatoms. The monoisotopic (exact) mass is 526 g/mol. The lowest BCUT2D eigenvalue weighted by Gasteiger charge is -2.48. The lowest BCUT2D eigenvalue weighted by atomic mass is 9.69. The lowest BCUT2D eigenvalue weighted by Crippen LogP contribution is -2.64. The first kappa shape index (κ1) is 32.5. The third-order valence-electron chi connectivity index (χ3n) is 6.85. The third-order valence-corrected chi connectivity index (χ3v) is 6.85. The Kier molecular flexibility index (Phi) is 11.3. The van der Waals surface area contributed by atoms with Gasteiger partial charge in [0.15, 0.2) is 6.10 Å². The largest absolute Gasteiger partial charge is 0.458 e. The van der Waals surface area contributed by atoms with E-state index in [1.165, 1.54) is 33.8 Å². The number of carbonyl (C=O) groups is 3. The predicted molar refractivity (Wildman–Crippen MR) is 135 cm³/mol. The highest BCUT2D eigenvalue weighted by molar-refractivity contribution is 5.88. The zero-order valence-electron chi connectivity index (χ0n) is 23.0. The maximum Gasteiger partial charge on any atom is 0.333 e. The molecule has 0 bridgehead atoms. The summed E-state index contributed by atoms with van der Waals surface area (Å²) in [5.41, 5.74) is -2.88. The van der Waals surface area contributed by atoms with Gasteiger partial charge in [-0.05, 0) is 60.5 Å². The molecule has 0 aromatic heterocycles. The smallest absolute Gasteiger partial charge is 0.333 e. The standard InChI is InChI=1S/C27H42O10/c1-10-14(3)24(31)36-21(26(7,8)33)13-19(29)16(5)18-12-20(30)27(9,34)23(22(18)35-17(6)28)37-25(32)15(4)11-2/h10-11,18-23,29-30,33-34H,5,12-13H2,1-4,6-9H3. The van der Waals surface area contributed by atoms with Gasteiger partial charge in [-0.15, -0.1) is 0 Å². The topological polar surface area (TPSA) is 160 Å². The maximum atomic E-state index is 12.5. The molecule has 210 valence electrons. The molecule has 0 aromatic rings. The van der Waals surface area contributed by atoms with Crippen molar-refractivity contribution in [3.63, 3.8) is 0 Å². The molecule has 7 atom stereocenters. The molecule has 0 saturated heterocycles. The summed E-state index contributed by atoms with van der Waals surface area (Å²) in [5.74, 6) is -3.13. The van der Waals surface area contributed by atoms with Crippen molar-refractivity contribution in [3.05, 3.63) is 35.5 Å². The molecule has 7 unspecified atom stereocenters. The molecule has 0 aliphatic heterocycles. The van der Waals surface area contributed by atoms with Gasteiger partial charge in [-0.3, -0.25) is 4.79 Å². The summed E-state index contributed by atoms with van der Waals surface area (Å²) in [6.07, 6.45) is -4.13. The molecule has 1 fully saturated rings.